The number of nitrogens with zero attached hydrogens (tertiary/aromatic N) is 1. The van der Waals surface area contributed by atoms with Gasteiger partial charge in [-0.1, -0.05) is 29.8 Å². The van der Waals surface area contributed by atoms with Crippen LogP contribution in [0.1, 0.15) is 27.8 Å². The zero-order valence-corrected chi connectivity index (χ0v) is 15.7. The smallest absolute Gasteiger partial charge is 0.307 e. The number of aromatic nitrogens is 1. The number of rotatable bonds is 4. The molecule has 0 aliphatic rings. The molecule has 0 aliphatic carbocycles. The number of aliphatic carboxylic acids is 1. The topological polar surface area (TPSA) is 59.3 Å². The Balaban J connectivity index is 2.27. The summed E-state index contributed by atoms with van der Waals surface area (Å²) in [4.78, 5) is 24.3. The predicted octanol–water partition coefficient (Wildman–Crippen LogP) is 4.03. The number of hydrogen-bond donors (Lipinski definition) is 1. The summed E-state index contributed by atoms with van der Waals surface area (Å²) >= 11 is 5.94. The Hall–Kier alpha value is -2.59. The first-order valence-corrected chi connectivity index (χ1v) is 8.73. The van der Waals surface area contributed by atoms with Crippen molar-refractivity contribution in [3.63, 3.8) is 0 Å². The minimum Gasteiger partial charge on any atom is -0.481 e. The van der Waals surface area contributed by atoms with Gasteiger partial charge in [-0.05, 0) is 54.3 Å². The van der Waals surface area contributed by atoms with Crippen molar-refractivity contribution in [2.45, 2.75) is 26.7 Å². The van der Waals surface area contributed by atoms with E-state index >= 15 is 0 Å². The summed E-state index contributed by atoms with van der Waals surface area (Å²) < 4.78 is 1.62. The fraction of sp³-hybridized carbons (Fsp3) is 0.238. The Morgan fingerprint density at radius 2 is 1.81 bits per heavy atom. The van der Waals surface area contributed by atoms with Gasteiger partial charge >= 0.3 is 5.97 Å². The van der Waals surface area contributed by atoms with Crippen molar-refractivity contribution in [3.8, 4) is 0 Å². The van der Waals surface area contributed by atoms with E-state index in [1.54, 1.807) is 23.7 Å². The van der Waals surface area contributed by atoms with Gasteiger partial charge in [0.25, 0.3) is 5.56 Å². The van der Waals surface area contributed by atoms with Gasteiger partial charge in [0, 0.05) is 29.4 Å². The van der Waals surface area contributed by atoms with E-state index in [2.05, 4.69) is 0 Å². The molecule has 5 heteroatoms. The minimum absolute atomic E-state index is 0.0585. The van der Waals surface area contributed by atoms with Crippen LogP contribution in [0.4, 0.5) is 0 Å². The summed E-state index contributed by atoms with van der Waals surface area (Å²) in [6, 6.07) is 11.2. The van der Waals surface area contributed by atoms with E-state index in [1.807, 2.05) is 38.1 Å². The summed E-state index contributed by atoms with van der Waals surface area (Å²) in [5.74, 6) is -0.885. The Morgan fingerprint density at radius 1 is 1.15 bits per heavy atom. The molecule has 0 spiro atoms. The number of carbonyl (C=O) groups is 1. The van der Waals surface area contributed by atoms with Crippen molar-refractivity contribution in [1.82, 2.24) is 4.57 Å². The average Bonchev–Trinajstić information content (AvgIpc) is 2.57. The van der Waals surface area contributed by atoms with E-state index in [0.717, 1.165) is 33.2 Å². The summed E-state index contributed by atoms with van der Waals surface area (Å²) in [6.45, 7) is 3.81. The molecule has 0 unspecified atom stereocenters. The maximum absolute atomic E-state index is 12.9. The number of fused-ring (bicyclic) bond motifs is 1. The summed E-state index contributed by atoms with van der Waals surface area (Å²) in [5.41, 5.74) is 4.89. The Kier molecular flexibility index (Phi) is 4.88. The highest BCUT2D eigenvalue weighted by Crippen LogP contribution is 2.27. The van der Waals surface area contributed by atoms with Gasteiger partial charge in [-0.3, -0.25) is 9.59 Å². The molecule has 26 heavy (non-hydrogen) atoms. The minimum atomic E-state index is -0.885. The summed E-state index contributed by atoms with van der Waals surface area (Å²) in [5, 5.41) is 10.8. The summed E-state index contributed by atoms with van der Waals surface area (Å²) in [6.07, 6.45) is 0.406. The normalized spacial score (nSPS) is 11.1. The number of carboxylic acid groups (broad SMARTS) is 1. The third-order valence-electron chi connectivity index (χ3n) is 4.73. The van der Waals surface area contributed by atoms with Crippen molar-refractivity contribution >= 4 is 28.5 Å². The van der Waals surface area contributed by atoms with Crippen LogP contribution in [-0.4, -0.2) is 15.6 Å². The second-order valence-electron chi connectivity index (χ2n) is 6.66. The molecule has 4 nitrogen and oxygen atoms in total. The molecule has 3 aromatic rings. The second-order valence-corrected chi connectivity index (χ2v) is 7.10. The molecule has 1 N–H and O–H groups in total. The predicted molar refractivity (Wildman–Crippen MR) is 104 cm³/mol. The molecule has 3 rings (SSSR count). The van der Waals surface area contributed by atoms with E-state index in [1.165, 1.54) is 0 Å². The van der Waals surface area contributed by atoms with Crippen molar-refractivity contribution in [2.75, 3.05) is 0 Å². The number of benzene rings is 2. The lowest BCUT2D eigenvalue weighted by Gasteiger charge is -2.17. The molecule has 0 saturated carbocycles. The molecule has 0 fully saturated rings. The van der Waals surface area contributed by atoms with E-state index in [0.29, 0.717) is 17.0 Å². The fourth-order valence-electron chi connectivity index (χ4n) is 3.48. The third-order valence-corrected chi connectivity index (χ3v) is 4.98. The van der Waals surface area contributed by atoms with E-state index in [4.69, 9.17) is 11.6 Å². The molecular formula is C21H20ClNO3. The van der Waals surface area contributed by atoms with Crippen molar-refractivity contribution < 1.29 is 9.90 Å². The molecule has 0 aliphatic heterocycles. The van der Waals surface area contributed by atoms with Crippen LogP contribution >= 0.6 is 11.6 Å². The maximum Gasteiger partial charge on any atom is 0.307 e. The number of halogens is 1. The first-order valence-electron chi connectivity index (χ1n) is 8.36. The number of carboxylic acids is 1. The molecule has 134 valence electrons. The first kappa shape index (κ1) is 18.2. The quantitative estimate of drug-likeness (QED) is 0.755. The lowest BCUT2D eigenvalue weighted by atomic mass is 9.93. The molecule has 0 radical (unpaired) electrons. The van der Waals surface area contributed by atoms with Gasteiger partial charge in [-0.25, -0.2) is 0 Å². The Bertz CT molecular complexity index is 1070. The second kappa shape index (κ2) is 6.96. The lowest BCUT2D eigenvalue weighted by molar-refractivity contribution is -0.136. The molecule has 0 amide bonds. The van der Waals surface area contributed by atoms with Gasteiger partial charge in [0.15, 0.2) is 0 Å². The Morgan fingerprint density at radius 3 is 2.42 bits per heavy atom. The SMILES string of the molecule is Cc1cc(CC(=O)O)c2c(C)c(Cc3ccc(Cl)cc3)c(=O)n(C)c2c1. The fourth-order valence-corrected chi connectivity index (χ4v) is 3.60. The standard InChI is InChI=1S/C21H20ClNO3/c1-12-8-15(11-19(24)25)20-13(2)17(21(26)23(3)18(20)9-12)10-14-4-6-16(22)7-5-14/h4-9H,10-11H2,1-3H3,(H,24,25). The third kappa shape index (κ3) is 3.37. The molecule has 0 bridgehead atoms. The van der Waals surface area contributed by atoms with Gasteiger partial charge in [-0.2, -0.15) is 0 Å². The highest BCUT2D eigenvalue weighted by atomic mass is 35.5. The Labute approximate surface area is 156 Å². The monoisotopic (exact) mass is 369 g/mol. The van der Waals surface area contributed by atoms with Crippen LogP contribution in [0, 0.1) is 13.8 Å². The number of pyridine rings is 1. The van der Waals surface area contributed by atoms with Crippen molar-refractivity contribution in [3.05, 3.63) is 79.6 Å². The van der Waals surface area contributed by atoms with Crippen LogP contribution < -0.4 is 5.56 Å². The molecule has 2 aromatic carbocycles. The van der Waals surface area contributed by atoms with E-state index < -0.39 is 5.97 Å². The van der Waals surface area contributed by atoms with Crippen LogP contribution in [0.3, 0.4) is 0 Å². The molecule has 1 heterocycles. The van der Waals surface area contributed by atoms with Crippen LogP contribution in [0.25, 0.3) is 10.9 Å². The number of aryl methyl sites for hydroxylation is 3. The van der Waals surface area contributed by atoms with E-state index in [9.17, 15) is 14.7 Å². The van der Waals surface area contributed by atoms with Gasteiger partial charge < -0.3 is 9.67 Å². The van der Waals surface area contributed by atoms with Crippen LogP contribution in [0.15, 0.2) is 41.2 Å². The van der Waals surface area contributed by atoms with Crippen LogP contribution in [0.5, 0.6) is 0 Å². The molecule has 0 atom stereocenters. The zero-order chi connectivity index (χ0) is 19.0. The average molecular weight is 370 g/mol. The highest BCUT2D eigenvalue weighted by molar-refractivity contribution is 6.30. The lowest BCUT2D eigenvalue weighted by Crippen LogP contribution is -2.24. The zero-order valence-electron chi connectivity index (χ0n) is 15.0. The molecule has 0 saturated heterocycles. The highest BCUT2D eigenvalue weighted by Gasteiger charge is 2.17. The van der Waals surface area contributed by atoms with Crippen molar-refractivity contribution in [2.24, 2.45) is 7.05 Å². The largest absolute Gasteiger partial charge is 0.481 e. The van der Waals surface area contributed by atoms with Gasteiger partial charge in [0.2, 0.25) is 0 Å². The van der Waals surface area contributed by atoms with Crippen molar-refractivity contribution in [1.29, 1.82) is 0 Å². The van der Waals surface area contributed by atoms with Gasteiger partial charge in [-0.15, -0.1) is 0 Å². The van der Waals surface area contributed by atoms with E-state index in [-0.39, 0.29) is 12.0 Å². The summed E-state index contributed by atoms with van der Waals surface area (Å²) in [7, 11) is 1.74. The van der Waals surface area contributed by atoms with Gasteiger partial charge in [0.1, 0.15) is 0 Å². The van der Waals surface area contributed by atoms with Gasteiger partial charge in [0.05, 0.1) is 11.9 Å². The maximum atomic E-state index is 12.9. The molecular weight excluding hydrogens is 350 g/mol. The first-order chi connectivity index (χ1) is 12.3. The van der Waals surface area contributed by atoms with Crippen LogP contribution in [-0.2, 0) is 24.7 Å². The molecule has 1 aromatic heterocycles. The number of hydrogen-bond acceptors (Lipinski definition) is 2. The van der Waals surface area contributed by atoms with Crippen LogP contribution in [0.2, 0.25) is 5.02 Å².